The summed E-state index contributed by atoms with van der Waals surface area (Å²) >= 11 is 0. The maximum absolute atomic E-state index is 14.1. The molecule has 0 fully saturated rings. The van der Waals surface area contributed by atoms with Crippen LogP contribution in [-0.2, 0) is 14.7 Å². The van der Waals surface area contributed by atoms with E-state index in [1.807, 2.05) is 48.5 Å². The van der Waals surface area contributed by atoms with E-state index in [1.54, 1.807) is 54.6 Å². The van der Waals surface area contributed by atoms with Gasteiger partial charge in [0.05, 0.1) is 10.9 Å². The molecule has 0 spiro atoms. The third kappa shape index (κ3) is 3.13. The summed E-state index contributed by atoms with van der Waals surface area (Å²) in [5.41, 5.74) is 14.5. The molecule has 29 heavy (non-hydrogen) atoms. The van der Waals surface area contributed by atoms with Crippen LogP contribution in [0.4, 0.5) is 0 Å². The molecule has 4 aromatic rings. The fourth-order valence-electron chi connectivity index (χ4n) is 3.72. The Morgan fingerprint density at radius 2 is 1.24 bits per heavy atom. The zero-order valence-corrected chi connectivity index (χ0v) is 16.6. The van der Waals surface area contributed by atoms with Gasteiger partial charge >= 0.3 is 0 Å². The van der Waals surface area contributed by atoms with Gasteiger partial charge in [-0.1, -0.05) is 97.1 Å². The van der Waals surface area contributed by atoms with Gasteiger partial charge in [-0.05, 0) is 22.6 Å². The van der Waals surface area contributed by atoms with Crippen LogP contribution in [0.15, 0.2) is 108 Å². The molecule has 0 aromatic heterocycles. The lowest BCUT2D eigenvalue weighted by atomic mass is 9.94. The smallest absolute Gasteiger partial charge is 0.203 e. The van der Waals surface area contributed by atoms with Crippen molar-refractivity contribution in [3.63, 3.8) is 0 Å². The third-order valence-corrected chi connectivity index (χ3v) is 7.64. The first-order valence-corrected chi connectivity index (χ1v) is 10.8. The van der Waals surface area contributed by atoms with E-state index in [2.05, 4.69) is 0 Å². The lowest BCUT2D eigenvalue weighted by Gasteiger charge is -2.36. The lowest BCUT2D eigenvalue weighted by molar-refractivity contribution is 0.462. The van der Waals surface area contributed by atoms with E-state index >= 15 is 0 Å². The molecular weight excluding hydrogens is 380 g/mol. The van der Waals surface area contributed by atoms with Gasteiger partial charge in [0.15, 0.2) is 4.87 Å². The molecule has 4 aromatic carbocycles. The van der Waals surface area contributed by atoms with Crippen molar-refractivity contribution >= 4 is 20.6 Å². The number of benzene rings is 4. The number of hydrogen-bond acceptors (Lipinski definition) is 4. The third-order valence-electron chi connectivity index (χ3n) is 5.33. The maximum atomic E-state index is 14.1. The molecule has 0 saturated carbocycles. The maximum Gasteiger partial charge on any atom is 0.203 e. The number of nitrogens with two attached hydrogens (primary N) is 2. The van der Waals surface area contributed by atoms with Crippen molar-refractivity contribution in [2.75, 3.05) is 0 Å². The zero-order chi connectivity index (χ0) is 20.5. The average molecular weight is 403 g/mol. The van der Waals surface area contributed by atoms with E-state index in [4.69, 9.17) is 11.5 Å². The van der Waals surface area contributed by atoms with Crippen molar-refractivity contribution in [2.45, 2.75) is 15.8 Å². The molecule has 4 N–H and O–H groups in total. The van der Waals surface area contributed by atoms with Crippen molar-refractivity contribution in [3.05, 3.63) is 114 Å². The molecular formula is C24H22N2O2S. The van der Waals surface area contributed by atoms with E-state index < -0.39 is 20.8 Å². The first-order chi connectivity index (χ1) is 14.0. The van der Waals surface area contributed by atoms with Gasteiger partial charge in [-0.2, -0.15) is 0 Å². The van der Waals surface area contributed by atoms with Gasteiger partial charge in [0.1, 0.15) is 0 Å². The molecule has 0 heterocycles. The fraction of sp³-hybridized carbons (Fsp3) is 0.0833. The van der Waals surface area contributed by atoms with Crippen LogP contribution < -0.4 is 11.5 Å². The summed E-state index contributed by atoms with van der Waals surface area (Å²) in [6.07, 6.45) is 0. The van der Waals surface area contributed by atoms with Crippen molar-refractivity contribution < 1.29 is 8.42 Å². The Morgan fingerprint density at radius 1 is 0.690 bits per heavy atom. The normalized spacial score (nSPS) is 15.0. The lowest BCUT2D eigenvalue weighted by Crippen LogP contribution is -2.52. The van der Waals surface area contributed by atoms with Crippen LogP contribution in [0.1, 0.15) is 17.2 Å². The van der Waals surface area contributed by atoms with Gasteiger partial charge in [-0.15, -0.1) is 0 Å². The Morgan fingerprint density at radius 3 is 1.93 bits per heavy atom. The van der Waals surface area contributed by atoms with E-state index in [0.29, 0.717) is 16.5 Å². The predicted molar refractivity (Wildman–Crippen MR) is 117 cm³/mol. The number of fused-ring (bicyclic) bond motifs is 1. The van der Waals surface area contributed by atoms with Crippen molar-refractivity contribution in [1.82, 2.24) is 0 Å². The first kappa shape index (κ1) is 19.3. The van der Waals surface area contributed by atoms with Crippen LogP contribution in [0.5, 0.6) is 0 Å². The average Bonchev–Trinajstić information content (AvgIpc) is 2.78. The topological polar surface area (TPSA) is 86.2 Å². The SMILES string of the molecule is NC(c1ccccc1)C(N)(c1ccccc1)S(=O)(=O)c1cccc2ccccc12. The summed E-state index contributed by atoms with van der Waals surface area (Å²) in [5, 5.41) is 1.46. The second kappa shape index (κ2) is 7.44. The van der Waals surface area contributed by atoms with Gasteiger partial charge in [0.2, 0.25) is 9.84 Å². The number of sulfone groups is 1. The quantitative estimate of drug-likeness (QED) is 0.526. The second-order valence-electron chi connectivity index (χ2n) is 7.03. The molecule has 0 bridgehead atoms. The second-order valence-corrected chi connectivity index (χ2v) is 9.15. The highest BCUT2D eigenvalue weighted by Crippen LogP contribution is 2.41. The highest BCUT2D eigenvalue weighted by Gasteiger charge is 2.49. The van der Waals surface area contributed by atoms with Crippen LogP contribution in [0, 0.1) is 0 Å². The monoisotopic (exact) mass is 402 g/mol. The van der Waals surface area contributed by atoms with Crippen molar-refractivity contribution in [3.8, 4) is 0 Å². The number of hydrogen-bond donors (Lipinski definition) is 2. The molecule has 4 nitrogen and oxygen atoms in total. The fourth-order valence-corrected chi connectivity index (χ4v) is 5.73. The highest BCUT2D eigenvalue weighted by molar-refractivity contribution is 7.92. The van der Waals surface area contributed by atoms with E-state index in [9.17, 15) is 8.42 Å². The molecule has 2 atom stereocenters. The Hall–Kier alpha value is -2.99. The van der Waals surface area contributed by atoms with E-state index in [1.165, 1.54) is 0 Å². The highest BCUT2D eigenvalue weighted by atomic mass is 32.2. The minimum Gasteiger partial charge on any atom is -0.321 e. The molecule has 0 radical (unpaired) electrons. The summed E-state index contributed by atoms with van der Waals surface area (Å²) in [6, 6.07) is 29.5. The summed E-state index contributed by atoms with van der Waals surface area (Å²) in [7, 11) is -4.07. The molecule has 5 heteroatoms. The summed E-state index contributed by atoms with van der Waals surface area (Å²) < 4.78 is 28.2. The van der Waals surface area contributed by atoms with E-state index in [-0.39, 0.29) is 4.90 Å². The largest absolute Gasteiger partial charge is 0.321 e. The van der Waals surface area contributed by atoms with Crippen LogP contribution in [0.3, 0.4) is 0 Å². The van der Waals surface area contributed by atoms with Crippen LogP contribution in [-0.4, -0.2) is 8.42 Å². The molecule has 2 unspecified atom stereocenters. The standard InChI is InChI=1S/C24H22N2O2S/c25-23(19-11-3-1-4-12-19)24(26,20-14-5-2-6-15-20)29(27,28)22-17-9-13-18-10-7-8-16-21(18)22/h1-17,23H,25-26H2. The summed E-state index contributed by atoms with van der Waals surface area (Å²) in [6.45, 7) is 0. The number of rotatable bonds is 5. The van der Waals surface area contributed by atoms with Gasteiger partial charge in [-0.25, -0.2) is 8.42 Å². The minimum atomic E-state index is -4.07. The summed E-state index contributed by atoms with van der Waals surface area (Å²) in [5.74, 6) is 0. The van der Waals surface area contributed by atoms with Crippen LogP contribution in [0.25, 0.3) is 10.8 Å². The first-order valence-electron chi connectivity index (χ1n) is 9.33. The zero-order valence-electron chi connectivity index (χ0n) is 15.8. The molecule has 146 valence electrons. The molecule has 0 amide bonds. The predicted octanol–water partition coefficient (Wildman–Crippen LogP) is 4.13. The van der Waals surface area contributed by atoms with Gasteiger partial charge in [0, 0.05) is 5.39 Å². The summed E-state index contributed by atoms with van der Waals surface area (Å²) in [4.78, 5) is -1.67. The van der Waals surface area contributed by atoms with Crippen LogP contribution in [0.2, 0.25) is 0 Å². The minimum absolute atomic E-state index is 0.174. The molecule has 0 aliphatic carbocycles. The van der Waals surface area contributed by atoms with Gasteiger partial charge < -0.3 is 11.5 Å². The Kier molecular flexibility index (Phi) is 4.96. The molecule has 0 saturated heterocycles. The molecule has 0 aliphatic rings. The van der Waals surface area contributed by atoms with E-state index in [0.717, 1.165) is 5.39 Å². The van der Waals surface area contributed by atoms with Gasteiger partial charge in [-0.3, -0.25) is 0 Å². The van der Waals surface area contributed by atoms with Crippen LogP contribution >= 0.6 is 0 Å². The van der Waals surface area contributed by atoms with Crippen molar-refractivity contribution in [2.24, 2.45) is 11.5 Å². The molecule has 0 aliphatic heterocycles. The molecule has 4 rings (SSSR count). The Balaban J connectivity index is 2.01. The van der Waals surface area contributed by atoms with Crippen molar-refractivity contribution in [1.29, 1.82) is 0 Å². The Bertz CT molecular complexity index is 1240. The Labute approximate surface area is 170 Å². The van der Waals surface area contributed by atoms with Gasteiger partial charge in [0.25, 0.3) is 0 Å².